The average molecular weight is 246 g/mol. The molecule has 0 aromatic carbocycles. The van der Waals surface area contributed by atoms with E-state index in [1.165, 1.54) is 13.8 Å². The van der Waals surface area contributed by atoms with E-state index in [9.17, 15) is 14.4 Å². The van der Waals surface area contributed by atoms with E-state index in [1.807, 2.05) is 0 Å². The smallest absolute Gasteiger partial charge is 0.309 e. The normalized spacial score (nSPS) is 10.9. The van der Waals surface area contributed by atoms with Gasteiger partial charge in [-0.15, -0.1) is 0 Å². The fourth-order valence-electron chi connectivity index (χ4n) is 0.975. The highest BCUT2D eigenvalue weighted by molar-refractivity contribution is 5.84. The van der Waals surface area contributed by atoms with E-state index in [2.05, 4.69) is 5.32 Å². The Balaban J connectivity index is 3.74. The van der Waals surface area contributed by atoms with Crippen molar-refractivity contribution < 1.29 is 24.2 Å². The maximum Gasteiger partial charge on any atom is 0.309 e. The first-order valence-electron chi connectivity index (χ1n) is 5.12. The van der Waals surface area contributed by atoms with Gasteiger partial charge >= 0.3 is 5.97 Å². The van der Waals surface area contributed by atoms with Crippen molar-refractivity contribution in [2.75, 3.05) is 19.8 Å². The number of rotatable bonds is 8. The molecule has 4 N–H and O–H groups in total. The maximum absolute atomic E-state index is 11.3. The third kappa shape index (κ3) is 7.29. The predicted molar refractivity (Wildman–Crippen MR) is 59.1 cm³/mol. The summed E-state index contributed by atoms with van der Waals surface area (Å²) in [6, 6.07) is 0. The Kier molecular flexibility index (Phi) is 6.19. The van der Waals surface area contributed by atoms with Crippen LogP contribution in [0.1, 0.15) is 20.3 Å². The van der Waals surface area contributed by atoms with Crippen molar-refractivity contribution in [2.24, 2.45) is 11.1 Å². The van der Waals surface area contributed by atoms with Crippen molar-refractivity contribution in [3.63, 3.8) is 0 Å². The van der Waals surface area contributed by atoms with E-state index < -0.39 is 17.3 Å². The van der Waals surface area contributed by atoms with Crippen molar-refractivity contribution in [3.8, 4) is 0 Å². The summed E-state index contributed by atoms with van der Waals surface area (Å²) in [5.74, 6) is -1.99. The van der Waals surface area contributed by atoms with Gasteiger partial charge in [0.05, 0.1) is 12.0 Å². The highest BCUT2D eigenvalue weighted by Crippen LogP contribution is 2.19. The van der Waals surface area contributed by atoms with Gasteiger partial charge in [0.25, 0.3) is 0 Å². The zero-order valence-corrected chi connectivity index (χ0v) is 9.99. The number of carboxylic acids is 1. The molecule has 0 unspecified atom stereocenters. The fraction of sp³-hybridized carbons (Fsp3) is 0.700. The Hall–Kier alpha value is -1.63. The molecule has 0 aromatic heterocycles. The molecule has 17 heavy (non-hydrogen) atoms. The van der Waals surface area contributed by atoms with Crippen LogP contribution < -0.4 is 11.1 Å². The number of ether oxygens (including phenoxy) is 1. The molecule has 0 bridgehead atoms. The van der Waals surface area contributed by atoms with E-state index in [4.69, 9.17) is 15.6 Å². The van der Waals surface area contributed by atoms with E-state index in [0.717, 1.165) is 0 Å². The first-order valence-corrected chi connectivity index (χ1v) is 5.12. The SMILES string of the molecule is CC(C)(CC(=O)NCCOCC(N)=O)C(=O)O. The Morgan fingerprint density at radius 3 is 2.41 bits per heavy atom. The summed E-state index contributed by atoms with van der Waals surface area (Å²) >= 11 is 0. The van der Waals surface area contributed by atoms with E-state index >= 15 is 0 Å². The number of carbonyl (C=O) groups is 3. The fourth-order valence-corrected chi connectivity index (χ4v) is 0.975. The number of nitrogens with one attached hydrogen (secondary N) is 1. The molecule has 0 rings (SSSR count). The summed E-state index contributed by atoms with van der Waals surface area (Å²) in [6.07, 6.45) is -0.113. The first kappa shape index (κ1) is 15.4. The highest BCUT2D eigenvalue weighted by Gasteiger charge is 2.29. The van der Waals surface area contributed by atoms with Gasteiger partial charge in [0.1, 0.15) is 6.61 Å². The van der Waals surface area contributed by atoms with Crippen LogP contribution in [-0.2, 0) is 19.1 Å². The molecule has 0 fully saturated rings. The molecule has 7 nitrogen and oxygen atoms in total. The summed E-state index contributed by atoms with van der Waals surface area (Å²) < 4.78 is 4.82. The van der Waals surface area contributed by atoms with Crippen LogP contribution in [0.5, 0.6) is 0 Å². The van der Waals surface area contributed by atoms with Gasteiger partial charge in [-0.3, -0.25) is 14.4 Å². The van der Waals surface area contributed by atoms with Gasteiger partial charge < -0.3 is 20.9 Å². The minimum Gasteiger partial charge on any atom is -0.481 e. The number of amides is 2. The molecule has 2 amide bonds. The van der Waals surface area contributed by atoms with Gasteiger partial charge in [0.15, 0.2) is 0 Å². The molecule has 0 aliphatic carbocycles. The van der Waals surface area contributed by atoms with Crippen LogP contribution in [0.25, 0.3) is 0 Å². The molecule has 0 heterocycles. The van der Waals surface area contributed by atoms with E-state index in [1.54, 1.807) is 0 Å². The molecule has 0 atom stereocenters. The van der Waals surface area contributed by atoms with Crippen LogP contribution in [0, 0.1) is 5.41 Å². The van der Waals surface area contributed by atoms with Gasteiger partial charge in [-0.1, -0.05) is 0 Å². The number of hydrogen-bond donors (Lipinski definition) is 3. The lowest BCUT2D eigenvalue weighted by atomic mass is 9.89. The largest absolute Gasteiger partial charge is 0.481 e. The van der Waals surface area contributed by atoms with Crippen LogP contribution in [0.15, 0.2) is 0 Å². The zero-order chi connectivity index (χ0) is 13.5. The standard InChI is InChI=1S/C10H18N2O5/c1-10(2,9(15)16)5-8(14)12-3-4-17-6-7(11)13/h3-6H2,1-2H3,(H2,11,13)(H,12,14)(H,15,16). The van der Waals surface area contributed by atoms with Gasteiger partial charge in [-0.05, 0) is 13.8 Å². The lowest BCUT2D eigenvalue weighted by molar-refractivity contribution is -0.149. The quantitative estimate of drug-likeness (QED) is 0.480. The topological polar surface area (TPSA) is 119 Å². The van der Waals surface area contributed by atoms with E-state index in [0.29, 0.717) is 0 Å². The molecule has 0 saturated heterocycles. The Morgan fingerprint density at radius 2 is 1.94 bits per heavy atom. The van der Waals surface area contributed by atoms with Gasteiger partial charge in [-0.25, -0.2) is 0 Å². The van der Waals surface area contributed by atoms with Crippen LogP contribution in [0.2, 0.25) is 0 Å². The summed E-state index contributed by atoms with van der Waals surface area (Å²) in [7, 11) is 0. The molecule has 0 aromatic rings. The van der Waals surface area contributed by atoms with Crippen molar-refractivity contribution in [1.29, 1.82) is 0 Å². The Morgan fingerprint density at radius 1 is 1.35 bits per heavy atom. The van der Waals surface area contributed by atoms with Crippen LogP contribution >= 0.6 is 0 Å². The Labute approximate surface area is 99.3 Å². The molecule has 0 aliphatic rings. The van der Waals surface area contributed by atoms with Gasteiger partial charge in [-0.2, -0.15) is 0 Å². The Bertz CT molecular complexity index is 301. The maximum atomic E-state index is 11.3. The summed E-state index contributed by atoms with van der Waals surface area (Å²) in [4.78, 5) is 32.4. The highest BCUT2D eigenvalue weighted by atomic mass is 16.5. The number of aliphatic carboxylic acids is 1. The van der Waals surface area contributed by atoms with Crippen LogP contribution in [0.4, 0.5) is 0 Å². The van der Waals surface area contributed by atoms with Crippen LogP contribution in [0.3, 0.4) is 0 Å². The third-order valence-corrected chi connectivity index (χ3v) is 1.99. The van der Waals surface area contributed by atoms with E-state index in [-0.39, 0.29) is 32.1 Å². The average Bonchev–Trinajstić information content (AvgIpc) is 2.15. The van der Waals surface area contributed by atoms with Gasteiger partial charge in [0.2, 0.25) is 11.8 Å². The van der Waals surface area contributed by atoms with Crippen molar-refractivity contribution in [2.45, 2.75) is 20.3 Å². The second-order valence-electron chi connectivity index (χ2n) is 4.23. The summed E-state index contributed by atoms with van der Waals surface area (Å²) in [5, 5.41) is 11.3. The first-order chi connectivity index (χ1) is 7.75. The van der Waals surface area contributed by atoms with Crippen molar-refractivity contribution >= 4 is 17.8 Å². The monoisotopic (exact) mass is 246 g/mol. The molecule has 0 saturated carbocycles. The number of hydrogen-bond acceptors (Lipinski definition) is 4. The molecule has 0 spiro atoms. The summed E-state index contributed by atoms with van der Waals surface area (Å²) in [6.45, 7) is 3.11. The minimum absolute atomic E-state index is 0.113. The zero-order valence-electron chi connectivity index (χ0n) is 9.99. The number of carbonyl (C=O) groups excluding carboxylic acids is 2. The predicted octanol–water partition coefficient (Wildman–Crippen LogP) is -0.895. The van der Waals surface area contributed by atoms with Crippen molar-refractivity contribution in [3.05, 3.63) is 0 Å². The van der Waals surface area contributed by atoms with Crippen molar-refractivity contribution in [1.82, 2.24) is 5.32 Å². The second-order valence-corrected chi connectivity index (χ2v) is 4.23. The molecule has 7 heteroatoms. The molecule has 0 radical (unpaired) electrons. The summed E-state index contributed by atoms with van der Waals surface area (Å²) in [5.41, 5.74) is 3.74. The molecular weight excluding hydrogens is 228 g/mol. The molecule has 0 aliphatic heterocycles. The second kappa shape index (κ2) is 6.85. The lowest BCUT2D eigenvalue weighted by Crippen LogP contribution is -2.35. The number of primary amides is 1. The van der Waals surface area contributed by atoms with Gasteiger partial charge in [0, 0.05) is 13.0 Å². The number of nitrogens with two attached hydrogens (primary N) is 1. The molecule has 98 valence electrons. The lowest BCUT2D eigenvalue weighted by Gasteiger charge is -2.18. The minimum atomic E-state index is -1.10. The van der Waals surface area contributed by atoms with Crippen LogP contribution in [-0.4, -0.2) is 42.6 Å². The third-order valence-electron chi connectivity index (χ3n) is 1.99. The number of carboxylic acid groups (broad SMARTS) is 1. The molecular formula is C10H18N2O5.